The monoisotopic (exact) mass is 426 g/mol. The van der Waals surface area contributed by atoms with E-state index in [1.165, 1.54) is 13.8 Å². The molecule has 0 radical (unpaired) electrons. The minimum absolute atomic E-state index is 0.0455. The van der Waals surface area contributed by atoms with Gasteiger partial charge < -0.3 is 9.47 Å². The normalized spacial score (nSPS) is 13.4. The predicted molar refractivity (Wildman–Crippen MR) is 85.0 cm³/mol. The van der Waals surface area contributed by atoms with Crippen molar-refractivity contribution in [3.8, 4) is 0 Å². The van der Waals surface area contributed by atoms with E-state index in [9.17, 15) is 40.3 Å². The van der Waals surface area contributed by atoms with Crippen molar-refractivity contribution in [3.63, 3.8) is 0 Å². The summed E-state index contributed by atoms with van der Waals surface area (Å²) in [4.78, 5) is 24.4. The van der Waals surface area contributed by atoms with Crippen molar-refractivity contribution in [3.05, 3.63) is 0 Å². The van der Waals surface area contributed by atoms with Gasteiger partial charge in [0.1, 0.15) is 0 Å². The molecule has 28 heavy (non-hydrogen) atoms. The van der Waals surface area contributed by atoms with Gasteiger partial charge in [-0.05, 0) is 19.3 Å². The van der Waals surface area contributed by atoms with Crippen LogP contribution in [0.5, 0.6) is 0 Å². The molecular formula is C17H25F7O4. The van der Waals surface area contributed by atoms with Crippen LogP contribution in [0.15, 0.2) is 0 Å². The van der Waals surface area contributed by atoms with Gasteiger partial charge in [0.15, 0.2) is 12.0 Å². The molecule has 0 atom stereocenters. The molecular weight excluding hydrogens is 401 g/mol. The summed E-state index contributed by atoms with van der Waals surface area (Å²) in [5.74, 6) is -14.8. The Morgan fingerprint density at radius 1 is 0.750 bits per heavy atom. The van der Waals surface area contributed by atoms with Crippen molar-refractivity contribution in [1.82, 2.24) is 0 Å². The minimum atomic E-state index is -6.53. The summed E-state index contributed by atoms with van der Waals surface area (Å²) in [5.41, 5.74) is -2.06. The average Bonchev–Trinajstić information content (AvgIpc) is 2.60. The molecule has 0 saturated carbocycles. The van der Waals surface area contributed by atoms with E-state index in [4.69, 9.17) is 4.74 Å². The fourth-order valence-corrected chi connectivity index (χ4v) is 2.33. The standard InChI is InChI=1S/C17H25F7O4/c1-4-7-8-9-10-27-12(25)14(5-2,6-3)13(26)28-11-15(18,19)16(20,21)17(22,23)24/h4-11H2,1-3H3. The molecule has 0 aliphatic carbocycles. The quantitative estimate of drug-likeness (QED) is 0.184. The van der Waals surface area contributed by atoms with E-state index >= 15 is 0 Å². The second kappa shape index (κ2) is 10.3. The van der Waals surface area contributed by atoms with Crippen LogP contribution in [0.1, 0.15) is 59.3 Å². The van der Waals surface area contributed by atoms with E-state index in [-0.39, 0.29) is 19.4 Å². The van der Waals surface area contributed by atoms with Gasteiger partial charge >= 0.3 is 30.0 Å². The molecule has 11 heteroatoms. The second-order valence-corrected chi connectivity index (χ2v) is 6.34. The van der Waals surface area contributed by atoms with E-state index in [0.29, 0.717) is 6.42 Å². The van der Waals surface area contributed by atoms with Gasteiger partial charge in [0.05, 0.1) is 6.61 Å². The number of unbranched alkanes of at least 4 members (excludes halogenated alkanes) is 3. The first-order valence-corrected chi connectivity index (χ1v) is 8.90. The molecule has 0 aromatic heterocycles. The lowest BCUT2D eigenvalue weighted by atomic mass is 9.82. The highest BCUT2D eigenvalue weighted by Gasteiger charge is 2.73. The lowest BCUT2D eigenvalue weighted by Crippen LogP contribution is -2.55. The number of hydrogen-bond donors (Lipinski definition) is 0. The van der Waals surface area contributed by atoms with Crippen molar-refractivity contribution < 1.29 is 49.8 Å². The van der Waals surface area contributed by atoms with Gasteiger partial charge in [0.25, 0.3) is 0 Å². The Hall–Kier alpha value is -1.55. The number of rotatable bonds is 12. The molecule has 0 saturated heterocycles. The molecule has 0 unspecified atom stereocenters. The predicted octanol–water partition coefficient (Wildman–Crippen LogP) is 5.29. The zero-order valence-electron chi connectivity index (χ0n) is 15.9. The van der Waals surface area contributed by atoms with Gasteiger partial charge in [-0.25, -0.2) is 0 Å². The smallest absolute Gasteiger partial charge is 0.460 e. The van der Waals surface area contributed by atoms with Gasteiger partial charge in [-0.15, -0.1) is 0 Å². The number of carbonyl (C=O) groups is 2. The number of carbonyl (C=O) groups excluding carboxylic acids is 2. The van der Waals surface area contributed by atoms with Crippen LogP contribution in [0.3, 0.4) is 0 Å². The van der Waals surface area contributed by atoms with Crippen LogP contribution in [0.25, 0.3) is 0 Å². The molecule has 0 fully saturated rings. The van der Waals surface area contributed by atoms with E-state index in [1.54, 1.807) is 0 Å². The van der Waals surface area contributed by atoms with Crippen LogP contribution >= 0.6 is 0 Å². The molecule has 166 valence electrons. The molecule has 0 N–H and O–H groups in total. The maximum absolute atomic E-state index is 13.3. The van der Waals surface area contributed by atoms with Crippen molar-refractivity contribution in [1.29, 1.82) is 0 Å². The number of alkyl halides is 7. The van der Waals surface area contributed by atoms with Crippen LogP contribution in [-0.4, -0.2) is 43.2 Å². The minimum Gasteiger partial charge on any atom is -0.465 e. The Morgan fingerprint density at radius 3 is 1.68 bits per heavy atom. The topological polar surface area (TPSA) is 52.6 Å². The highest BCUT2D eigenvalue weighted by molar-refractivity contribution is 6.00. The summed E-state index contributed by atoms with van der Waals surface area (Å²) in [6.45, 7) is 2.07. The fraction of sp³-hybridized carbons (Fsp3) is 0.882. The third kappa shape index (κ3) is 5.97. The second-order valence-electron chi connectivity index (χ2n) is 6.34. The van der Waals surface area contributed by atoms with Crippen LogP contribution in [-0.2, 0) is 19.1 Å². The van der Waals surface area contributed by atoms with Gasteiger partial charge in [0.2, 0.25) is 0 Å². The summed E-state index contributed by atoms with van der Waals surface area (Å²) in [7, 11) is 0. The van der Waals surface area contributed by atoms with Crippen LogP contribution < -0.4 is 0 Å². The third-order valence-corrected chi connectivity index (χ3v) is 4.42. The lowest BCUT2D eigenvalue weighted by Gasteiger charge is -2.30. The molecule has 0 aliphatic rings. The molecule has 0 aromatic carbocycles. The Bertz CT molecular complexity index is 514. The highest BCUT2D eigenvalue weighted by atomic mass is 19.4. The number of halogens is 7. The van der Waals surface area contributed by atoms with Crippen LogP contribution in [0, 0.1) is 5.41 Å². The van der Waals surface area contributed by atoms with E-state index in [1.807, 2.05) is 6.92 Å². The van der Waals surface area contributed by atoms with Crippen molar-refractivity contribution in [2.75, 3.05) is 13.2 Å². The molecule has 0 bridgehead atoms. The Morgan fingerprint density at radius 2 is 1.25 bits per heavy atom. The number of hydrogen-bond acceptors (Lipinski definition) is 4. The largest absolute Gasteiger partial charge is 0.465 e. The Kier molecular flexibility index (Phi) is 9.72. The van der Waals surface area contributed by atoms with E-state index in [2.05, 4.69) is 4.74 Å². The number of ether oxygens (including phenoxy) is 2. The summed E-state index contributed by atoms with van der Waals surface area (Å²) in [6, 6.07) is 0. The first kappa shape index (κ1) is 26.4. The van der Waals surface area contributed by atoms with Gasteiger partial charge in [-0.1, -0.05) is 40.0 Å². The fourth-order valence-electron chi connectivity index (χ4n) is 2.33. The zero-order valence-corrected chi connectivity index (χ0v) is 15.9. The summed E-state index contributed by atoms with van der Waals surface area (Å²) < 4.78 is 97.8. The summed E-state index contributed by atoms with van der Waals surface area (Å²) in [6.07, 6.45) is -4.02. The maximum atomic E-state index is 13.3. The molecule has 0 aromatic rings. The summed E-state index contributed by atoms with van der Waals surface area (Å²) >= 11 is 0. The third-order valence-electron chi connectivity index (χ3n) is 4.42. The first-order chi connectivity index (χ1) is 12.7. The summed E-state index contributed by atoms with van der Waals surface area (Å²) in [5, 5.41) is 0. The maximum Gasteiger partial charge on any atom is 0.460 e. The highest BCUT2D eigenvalue weighted by Crippen LogP contribution is 2.46. The molecule has 4 nitrogen and oxygen atoms in total. The number of esters is 2. The van der Waals surface area contributed by atoms with Crippen molar-refractivity contribution >= 4 is 11.9 Å². The van der Waals surface area contributed by atoms with Crippen LogP contribution in [0.2, 0.25) is 0 Å². The SMILES string of the molecule is CCCCCCOC(=O)C(CC)(CC)C(=O)OCC(F)(F)C(F)(F)C(F)(F)F. The van der Waals surface area contributed by atoms with E-state index < -0.39 is 42.0 Å². The zero-order chi connectivity index (χ0) is 22.2. The van der Waals surface area contributed by atoms with Crippen molar-refractivity contribution in [2.24, 2.45) is 5.41 Å². The van der Waals surface area contributed by atoms with Crippen LogP contribution in [0.4, 0.5) is 30.7 Å². The molecule has 0 amide bonds. The molecule has 0 heterocycles. The van der Waals surface area contributed by atoms with Crippen molar-refractivity contribution in [2.45, 2.75) is 77.3 Å². The average molecular weight is 426 g/mol. The van der Waals surface area contributed by atoms with Gasteiger partial charge in [-0.3, -0.25) is 9.59 Å². The Labute approximate surface area is 158 Å². The molecule has 0 aliphatic heterocycles. The van der Waals surface area contributed by atoms with Gasteiger partial charge in [0, 0.05) is 0 Å². The molecule has 0 spiro atoms. The first-order valence-electron chi connectivity index (χ1n) is 8.90. The molecule has 0 rings (SSSR count). The Balaban J connectivity index is 5.14. The van der Waals surface area contributed by atoms with E-state index in [0.717, 1.165) is 19.3 Å². The van der Waals surface area contributed by atoms with Gasteiger partial charge in [-0.2, -0.15) is 30.7 Å². The lowest BCUT2D eigenvalue weighted by molar-refractivity contribution is -0.360.